The van der Waals surface area contributed by atoms with Crippen LogP contribution >= 0.6 is 23.2 Å². The van der Waals surface area contributed by atoms with Gasteiger partial charge in [-0.3, -0.25) is 4.79 Å². The molecular formula is C21H15Cl2N5O4. The smallest absolute Gasteiger partial charge is 0.335 e. The highest BCUT2D eigenvalue weighted by Gasteiger charge is 2.15. The number of carbonyl (C=O) groups is 2. The van der Waals surface area contributed by atoms with Crippen molar-refractivity contribution in [1.82, 2.24) is 25.9 Å². The van der Waals surface area contributed by atoms with Gasteiger partial charge in [0.2, 0.25) is 0 Å². The van der Waals surface area contributed by atoms with E-state index in [0.717, 1.165) is 11.1 Å². The van der Waals surface area contributed by atoms with E-state index in [4.69, 9.17) is 27.9 Å². The van der Waals surface area contributed by atoms with E-state index in [1.54, 1.807) is 6.07 Å². The summed E-state index contributed by atoms with van der Waals surface area (Å²) in [4.78, 5) is 23.9. The number of amides is 1. The van der Waals surface area contributed by atoms with E-state index in [1.165, 1.54) is 18.2 Å². The fourth-order valence-corrected chi connectivity index (χ4v) is 3.80. The molecule has 0 saturated carbocycles. The van der Waals surface area contributed by atoms with E-state index in [9.17, 15) is 14.7 Å². The van der Waals surface area contributed by atoms with Gasteiger partial charge in [0.25, 0.3) is 5.91 Å². The Morgan fingerprint density at radius 2 is 1.94 bits per heavy atom. The molecule has 9 nitrogen and oxygen atoms in total. The fourth-order valence-electron chi connectivity index (χ4n) is 3.19. The van der Waals surface area contributed by atoms with Gasteiger partial charge in [0.1, 0.15) is 5.75 Å². The molecule has 3 N–H and O–H groups in total. The minimum Gasteiger partial charge on any atom is -0.483 e. The van der Waals surface area contributed by atoms with Gasteiger partial charge in [-0.15, -0.1) is 5.10 Å². The number of carboxylic acid groups (broad SMARTS) is 1. The molecule has 1 amide bonds. The van der Waals surface area contributed by atoms with Crippen LogP contribution in [0.4, 0.5) is 0 Å². The van der Waals surface area contributed by atoms with E-state index in [0.29, 0.717) is 21.6 Å². The first-order valence-electron chi connectivity index (χ1n) is 9.30. The molecule has 0 saturated heterocycles. The lowest BCUT2D eigenvalue weighted by molar-refractivity contribution is -0.123. The molecule has 0 aliphatic rings. The van der Waals surface area contributed by atoms with Crippen LogP contribution in [0.25, 0.3) is 22.2 Å². The second-order valence-electron chi connectivity index (χ2n) is 6.74. The first-order chi connectivity index (χ1) is 15.4. The summed E-state index contributed by atoms with van der Waals surface area (Å²) >= 11 is 12.3. The van der Waals surface area contributed by atoms with Crippen LogP contribution in [0.5, 0.6) is 5.75 Å². The van der Waals surface area contributed by atoms with Gasteiger partial charge in [0.05, 0.1) is 10.6 Å². The molecule has 0 atom stereocenters. The molecule has 0 fully saturated rings. The molecule has 4 aromatic rings. The number of nitrogens with zero attached hydrogens (tertiary/aromatic N) is 3. The Labute approximate surface area is 191 Å². The van der Waals surface area contributed by atoms with Gasteiger partial charge < -0.3 is 15.2 Å². The van der Waals surface area contributed by atoms with E-state index in [2.05, 4.69) is 25.9 Å². The van der Waals surface area contributed by atoms with Crippen molar-refractivity contribution in [3.63, 3.8) is 0 Å². The highest BCUT2D eigenvalue weighted by molar-refractivity contribution is 6.39. The molecule has 0 aliphatic heterocycles. The lowest BCUT2D eigenvalue weighted by atomic mass is 10.1. The highest BCUT2D eigenvalue weighted by atomic mass is 35.5. The number of hydrogen-bond acceptors (Lipinski definition) is 6. The topological polar surface area (TPSA) is 130 Å². The van der Waals surface area contributed by atoms with Crippen LogP contribution in [0.2, 0.25) is 10.0 Å². The Bertz CT molecular complexity index is 1310. The number of hydrogen-bond donors (Lipinski definition) is 3. The minimum absolute atomic E-state index is 0.0131. The van der Waals surface area contributed by atoms with Crippen LogP contribution in [0.3, 0.4) is 0 Å². The summed E-state index contributed by atoms with van der Waals surface area (Å²) in [5.41, 5.74) is 1.54. The normalized spacial score (nSPS) is 10.8. The van der Waals surface area contributed by atoms with Gasteiger partial charge in [-0.1, -0.05) is 47.5 Å². The maximum atomic E-state index is 12.4. The molecule has 0 bridgehead atoms. The van der Waals surface area contributed by atoms with Crippen LogP contribution in [-0.4, -0.2) is 44.2 Å². The van der Waals surface area contributed by atoms with Gasteiger partial charge in [0.15, 0.2) is 12.4 Å². The quantitative estimate of drug-likeness (QED) is 0.374. The fraction of sp³-hybridized carbons (Fsp3) is 0.0952. The molecular weight excluding hydrogens is 457 g/mol. The largest absolute Gasteiger partial charge is 0.483 e. The number of rotatable bonds is 7. The van der Waals surface area contributed by atoms with Crippen molar-refractivity contribution in [3.8, 4) is 17.1 Å². The molecule has 162 valence electrons. The standard InChI is InChI=1S/C21H15Cl2N5O4/c22-14-6-12-5-13(21(30)31)7-17(19(12)16(23)8-14)32-10-18(29)24-9-11-3-1-2-4-15(11)20-25-27-28-26-20/h1-8H,9-10H2,(H,24,29)(H,30,31)(H,25,26,27,28). The number of aromatic carboxylic acids is 1. The predicted molar refractivity (Wildman–Crippen MR) is 118 cm³/mol. The third kappa shape index (κ3) is 4.63. The average Bonchev–Trinajstić information content (AvgIpc) is 3.30. The number of ether oxygens (including phenoxy) is 1. The molecule has 3 aromatic carbocycles. The Morgan fingerprint density at radius 3 is 2.69 bits per heavy atom. The lowest BCUT2D eigenvalue weighted by Crippen LogP contribution is -2.28. The number of carbonyl (C=O) groups excluding carboxylic acids is 1. The van der Waals surface area contributed by atoms with E-state index in [1.807, 2.05) is 24.3 Å². The van der Waals surface area contributed by atoms with Crippen LogP contribution in [-0.2, 0) is 11.3 Å². The molecule has 11 heteroatoms. The SMILES string of the molecule is O=C(COc1cc(C(=O)O)cc2cc(Cl)cc(Cl)c12)NCc1ccccc1-c1nnn[nH]1. The van der Waals surface area contributed by atoms with Gasteiger partial charge in [-0.05, 0) is 45.6 Å². The van der Waals surface area contributed by atoms with Gasteiger partial charge in [-0.2, -0.15) is 0 Å². The molecule has 1 aromatic heterocycles. The molecule has 4 rings (SSSR count). The summed E-state index contributed by atoms with van der Waals surface area (Å²) in [6.07, 6.45) is 0. The number of carboxylic acids is 1. The number of halogens is 2. The molecule has 32 heavy (non-hydrogen) atoms. The van der Waals surface area contributed by atoms with E-state index in [-0.39, 0.29) is 29.5 Å². The Kier molecular flexibility index (Phi) is 6.20. The lowest BCUT2D eigenvalue weighted by Gasteiger charge is -2.13. The van der Waals surface area contributed by atoms with Crippen molar-refractivity contribution < 1.29 is 19.4 Å². The van der Waals surface area contributed by atoms with Crippen molar-refractivity contribution in [1.29, 1.82) is 0 Å². The van der Waals surface area contributed by atoms with Crippen molar-refractivity contribution in [2.75, 3.05) is 6.61 Å². The van der Waals surface area contributed by atoms with Crippen molar-refractivity contribution >= 4 is 45.9 Å². The summed E-state index contributed by atoms with van der Waals surface area (Å²) in [7, 11) is 0. The molecule has 0 spiro atoms. The number of aromatic amines is 1. The van der Waals surface area contributed by atoms with Gasteiger partial charge in [-0.25, -0.2) is 9.89 Å². The average molecular weight is 472 g/mol. The summed E-state index contributed by atoms with van der Waals surface area (Å²) in [5.74, 6) is -0.897. The van der Waals surface area contributed by atoms with Crippen LogP contribution < -0.4 is 10.1 Å². The summed E-state index contributed by atoms with van der Waals surface area (Å²) < 4.78 is 5.64. The number of nitrogens with one attached hydrogen (secondary N) is 2. The highest BCUT2D eigenvalue weighted by Crippen LogP contribution is 2.36. The van der Waals surface area contributed by atoms with E-state index < -0.39 is 11.9 Å². The van der Waals surface area contributed by atoms with Crippen LogP contribution in [0, 0.1) is 0 Å². The van der Waals surface area contributed by atoms with Crippen molar-refractivity contribution in [2.45, 2.75) is 6.54 Å². The number of tetrazole rings is 1. The monoisotopic (exact) mass is 471 g/mol. The number of fused-ring (bicyclic) bond motifs is 1. The minimum atomic E-state index is -1.14. The Hall–Kier alpha value is -3.69. The Morgan fingerprint density at radius 1 is 1.12 bits per heavy atom. The summed E-state index contributed by atoms with van der Waals surface area (Å²) in [6.45, 7) is -0.130. The Balaban J connectivity index is 1.50. The number of H-pyrrole nitrogens is 1. The maximum Gasteiger partial charge on any atom is 0.335 e. The molecule has 0 unspecified atom stereocenters. The van der Waals surface area contributed by atoms with Crippen molar-refractivity contribution in [2.24, 2.45) is 0 Å². The zero-order chi connectivity index (χ0) is 22.7. The van der Waals surface area contributed by atoms with Crippen LogP contribution in [0.1, 0.15) is 15.9 Å². The van der Waals surface area contributed by atoms with Gasteiger partial charge >= 0.3 is 5.97 Å². The molecule has 1 heterocycles. The third-order valence-electron chi connectivity index (χ3n) is 4.63. The summed E-state index contributed by atoms with van der Waals surface area (Å²) in [6, 6.07) is 13.2. The second kappa shape index (κ2) is 9.21. The van der Waals surface area contributed by atoms with Crippen molar-refractivity contribution in [3.05, 3.63) is 69.7 Å². The van der Waals surface area contributed by atoms with Crippen LogP contribution in [0.15, 0.2) is 48.5 Å². The zero-order valence-corrected chi connectivity index (χ0v) is 17.8. The van der Waals surface area contributed by atoms with Gasteiger partial charge in [0, 0.05) is 22.5 Å². The number of benzene rings is 3. The first kappa shape index (κ1) is 21.5. The molecule has 0 aliphatic carbocycles. The first-order valence-corrected chi connectivity index (χ1v) is 10.1. The van der Waals surface area contributed by atoms with E-state index >= 15 is 0 Å². The second-order valence-corrected chi connectivity index (χ2v) is 7.58. The zero-order valence-electron chi connectivity index (χ0n) is 16.3. The summed E-state index contributed by atoms with van der Waals surface area (Å²) in [5, 5.41) is 27.5. The third-order valence-corrected chi connectivity index (χ3v) is 5.15. The molecule has 0 radical (unpaired) electrons. The maximum absolute atomic E-state index is 12.4. The predicted octanol–water partition coefficient (Wildman–Crippen LogP) is 3.72. The number of aromatic nitrogens is 4.